The molecule has 0 aromatic rings. The Morgan fingerprint density at radius 3 is 1.93 bits per heavy atom. The standard InChI is InChI=1S/C13H21ClO/c14-12-10-8-6-4-2-1-3-5-7-9-11-13-15/h13H,1-8,10,12H2. The summed E-state index contributed by atoms with van der Waals surface area (Å²) in [5.74, 6) is 6.05. The summed E-state index contributed by atoms with van der Waals surface area (Å²) in [7, 11) is 0. The summed E-state index contributed by atoms with van der Waals surface area (Å²) >= 11 is 5.59. The topological polar surface area (TPSA) is 17.1 Å². The van der Waals surface area contributed by atoms with Gasteiger partial charge in [-0.1, -0.05) is 44.4 Å². The van der Waals surface area contributed by atoms with Gasteiger partial charge in [-0.05, 0) is 18.8 Å². The van der Waals surface area contributed by atoms with E-state index in [2.05, 4.69) is 11.8 Å². The van der Waals surface area contributed by atoms with Gasteiger partial charge in [0, 0.05) is 12.3 Å². The third kappa shape index (κ3) is 13.5. The number of carbonyl (C=O) groups excluding carboxylic acids is 1. The minimum atomic E-state index is 0.664. The van der Waals surface area contributed by atoms with Crippen LogP contribution in [-0.2, 0) is 4.79 Å². The Labute approximate surface area is 98.6 Å². The van der Waals surface area contributed by atoms with Crippen LogP contribution in [0.25, 0.3) is 0 Å². The zero-order chi connectivity index (χ0) is 11.2. The molecule has 0 aliphatic rings. The van der Waals surface area contributed by atoms with Gasteiger partial charge in [0.05, 0.1) is 0 Å². The molecule has 0 spiro atoms. The fourth-order valence-electron chi connectivity index (χ4n) is 1.48. The van der Waals surface area contributed by atoms with Crippen molar-refractivity contribution in [2.75, 3.05) is 5.88 Å². The van der Waals surface area contributed by atoms with Crippen LogP contribution < -0.4 is 0 Å². The van der Waals surface area contributed by atoms with Crippen molar-refractivity contribution >= 4 is 17.9 Å². The van der Waals surface area contributed by atoms with E-state index < -0.39 is 0 Å². The van der Waals surface area contributed by atoms with E-state index in [4.69, 9.17) is 11.6 Å². The van der Waals surface area contributed by atoms with Crippen LogP contribution in [0.5, 0.6) is 0 Å². The molecule has 0 saturated heterocycles. The second-order valence-corrected chi connectivity index (χ2v) is 4.08. The highest BCUT2D eigenvalue weighted by Crippen LogP contribution is 2.09. The fraction of sp³-hybridized carbons (Fsp3) is 0.769. The summed E-state index contributed by atoms with van der Waals surface area (Å²) in [6, 6.07) is 0. The third-order valence-electron chi connectivity index (χ3n) is 2.35. The van der Waals surface area contributed by atoms with Gasteiger partial charge in [0.15, 0.2) is 6.29 Å². The largest absolute Gasteiger partial charge is 0.289 e. The van der Waals surface area contributed by atoms with Gasteiger partial charge in [-0.25, -0.2) is 0 Å². The summed E-state index contributed by atoms with van der Waals surface area (Å²) in [5.41, 5.74) is 0. The predicted molar refractivity (Wildman–Crippen MR) is 66.1 cm³/mol. The highest BCUT2D eigenvalue weighted by atomic mass is 35.5. The van der Waals surface area contributed by atoms with E-state index in [0.717, 1.165) is 25.1 Å². The molecule has 0 N–H and O–H groups in total. The van der Waals surface area contributed by atoms with Gasteiger partial charge in [-0.2, -0.15) is 0 Å². The van der Waals surface area contributed by atoms with Crippen molar-refractivity contribution in [3.8, 4) is 11.8 Å². The highest BCUT2D eigenvalue weighted by molar-refractivity contribution is 6.17. The second-order valence-electron chi connectivity index (χ2n) is 3.71. The van der Waals surface area contributed by atoms with Crippen LogP contribution in [0.3, 0.4) is 0 Å². The Bertz CT molecular complexity index is 190. The molecule has 0 aliphatic carbocycles. The van der Waals surface area contributed by atoms with Gasteiger partial charge in [0.1, 0.15) is 0 Å². The number of hydrogen-bond acceptors (Lipinski definition) is 1. The van der Waals surface area contributed by atoms with E-state index in [9.17, 15) is 4.79 Å². The highest BCUT2D eigenvalue weighted by Gasteiger charge is 1.91. The maximum absolute atomic E-state index is 9.88. The Hall–Kier alpha value is -0.480. The molecule has 0 unspecified atom stereocenters. The minimum Gasteiger partial charge on any atom is -0.289 e. The molecular formula is C13H21ClO. The lowest BCUT2D eigenvalue weighted by atomic mass is 10.1. The molecule has 0 rings (SSSR count). The van der Waals surface area contributed by atoms with Crippen molar-refractivity contribution in [1.29, 1.82) is 0 Å². The summed E-state index contributed by atoms with van der Waals surface area (Å²) < 4.78 is 0. The van der Waals surface area contributed by atoms with Gasteiger partial charge >= 0.3 is 0 Å². The van der Waals surface area contributed by atoms with Crippen LogP contribution in [0, 0.1) is 11.8 Å². The Morgan fingerprint density at radius 2 is 1.40 bits per heavy atom. The maximum Gasteiger partial charge on any atom is 0.192 e. The number of halogens is 1. The molecule has 0 aromatic heterocycles. The molecule has 15 heavy (non-hydrogen) atoms. The van der Waals surface area contributed by atoms with E-state index in [1.54, 1.807) is 0 Å². The first-order valence-corrected chi connectivity index (χ1v) is 6.43. The lowest BCUT2D eigenvalue weighted by molar-refractivity contribution is -0.103. The van der Waals surface area contributed by atoms with Crippen LogP contribution in [0.2, 0.25) is 0 Å². The quantitative estimate of drug-likeness (QED) is 0.253. The van der Waals surface area contributed by atoms with Crippen LogP contribution in [0.4, 0.5) is 0 Å². The van der Waals surface area contributed by atoms with Crippen molar-refractivity contribution in [3.63, 3.8) is 0 Å². The molecule has 0 saturated carbocycles. The molecule has 0 heterocycles. The minimum absolute atomic E-state index is 0.664. The molecule has 86 valence electrons. The number of alkyl halides is 1. The number of rotatable bonds is 9. The van der Waals surface area contributed by atoms with Crippen LogP contribution in [0.1, 0.15) is 57.8 Å². The number of unbranched alkanes of at least 4 members (excludes halogenated alkanes) is 8. The summed E-state index contributed by atoms with van der Waals surface area (Å²) in [4.78, 5) is 9.88. The van der Waals surface area contributed by atoms with Crippen molar-refractivity contribution in [1.82, 2.24) is 0 Å². The molecule has 1 nitrogen and oxygen atoms in total. The first kappa shape index (κ1) is 14.5. The average Bonchev–Trinajstić information content (AvgIpc) is 2.26. The lowest BCUT2D eigenvalue weighted by Gasteiger charge is -1.99. The number of hydrogen-bond donors (Lipinski definition) is 0. The smallest absolute Gasteiger partial charge is 0.192 e. The second kappa shape index (κ2) is 13.5. The molecule has 0 fully saturated rings. The SMILES string of the molecule is O=CC#CCCCCCCCCCCCl. The Morgan fingerprint density at radius 1 is 0.867 bits per heavy atom. The Balaban J connectivity index is 2.95. The first-order chi connectivity index (χ1) is 7.41. The third-order valence-corrected chi connectivity index (χ3v) is 2.61. The van der Waals surface area contributed by atoms with Crippen molar-refractivity contribution in [2.45, 2.75) is 57.8 Å². The zero-order valence-corrected chi connectivity index (χ0v) is 10.2. The summed E-state index contributed by atoms with van der Waals surface area (Å²) in [6.07, 6.45) is 11.6. The number of carbonyl (C=O) groups is 1. The van der Waals surface area contributed by atoms with Gasteiger partial charge < -0.3 is 0 Å². The van der Waals surface area contributed by atoms with E-state index in [1.165, 1.54) is 38.5 Å². The van der Waals surface area contributed by atoms with Gasteiger partial charge in [0.2, 0.25) is 0 Å². The molecule has 0 radical (unpaired) electrons. The molecule has 0 bridgehead atoms. The van der Waals surface area contributed by atoms with Gasteiger partial charge in [0.25, 0.3) is 0 Å². The lowest BCUT2D eigenvalue weighted by Crippen LogP contribution is -1.81. The van der Waals surface area contributed by atoms with Crippen molar-refractivity contribution in [3.05, 3.63) is 0 Å². The monoisotopic (exact) mass is 228 g/mol. The molecule has 2 heteroatoms. The van der Waals surface area contributed by atoms with E-state index in [1.807, 2.05) is 0 Å². The fourth-order valence-corrected chi connectivity index (χ4v) is 1.67. The summed E-state index contributed by atoms with van der Waals surface area (Å²) in [6.45, 7) is 0. The van der Waals surface area contributed by atoms with Gasteiger partial charge in [-0.3, -0.25) is 4.79 Å². The van der Waals surface area contributed by atoms with Crippen molar-refractivity contribution < 1.29 is 4.79 Å². The van der Waals surface area contributed by atoms with E-state index >= 15 is 0 Å². The van der Waals surface area contributed by atoms with E-state index in [0.29, 0.717) is 6.29 Å². The van der Waals surface area contributed by atoms with E-state index in [-0.39, 0.29) is 0 Å². The van der Waals surface area contributed by atoms with Crippen LogP contribution in [-0.4, -0.2) is 12.2 Å². The zero-order valence-electron chi connectivity index (χ0n) is 9.43. The number of aldehydes is 1. The van der Waals surface area contributed by atoms with Crippen molar-refractivity contribution in [2.24, 2.45) is 0 Å². The predicted octanol–water partition coefficient (Wildman–Crippen LogP) is 3.94. The Kier molecular flexibility index (Phi) is 13.1. The molecule has 0 aromatic carbocycles. The maximum atomic E-state index is 9.88. The van der Waals surface area contributed by atoms with Crippen LogP contribution >= 0.6 is 11.6 Å². The average molecular weight is 229 g/mol. The summed E-state index contributed by atoms with van der Waals surface area (Å²) in [5, 5.41) is 0. The normalized spacial score (nSPS) is 9.40. The molecule has 0 amide bonds. The van der Waals surface area contributed by atoms with Gasteiger partial charge in [-0.15, -0.1) is 11.6 Å². The first-order valence-electron chi connectivity index (χ1n) is 5.90. The molecular weight excluding hydrogens is 208 g/mol. The molecule has 0 aliphatic heterocycles. The van der Waals surface area contributed by atoms with Crippen LogP contribution in [0.15, 0.2) is 0 Å². The molecule has 0 atom stereocenters.